The molecule has 1 spiro atoms. The molecule has 3 unspecified atom stereocenters. The number of hydrogen-bond donors (Lipinski definition) is 3. The average molecular weight is 350 g/mol. The largest absolute Gasteiger partial charge is 0.418 e. The first-order valence-corrected chi connectivity index (χ1v) is 8.56. The Morgan fingerprint density at radius 1 is 1.52 bits per heavy atom. The maximum atomic E-state index is 12.2. The van der Waals surface area contributed by atoms with Crippen LogP contribution in [0.1, 0.15) is 19.3 Å². The van der Waals surface area contributed by atoms with Gasteiger partial charge in [-0.1, -0.05) is 0 Å². The van der Waals surface area contributed by atoms with Crippen LogP contribution in [0.3, 0.4) is 0 Å². The fraction of sp³-hybridized carbons (Fsp3) is 0.818. The predicted octanol–water partition coefficient (Wildman–Crippen LogP) is -1.61. The maximum Gasteiger partial charge on any atom is 0.418 e. The van der Waals surface area contributed by atoms with E-state index in [4.69, 9.17) is 15.1 Å². The van der Waals surface area contributed by atoms with E-state index < -0.39 is 33.9 Å². The van der Waals surface area contributed by atoms with Gasteiger partial charge in [0.1, 0.15) is 6.04 Å². The highest BCUT2D eigenvalue weighted by Crippen LogP contribution is 2.56. The third kappa shape index (κ3) is 2.55. The molecule has 2 heterocycles. The van der Waals surface area contributed by atoms with E-state index in [1.807, 2.05) is 0 Å². The highest BCUT2D eigenvalue weighted by Gasteiger charge is 2.72. The molecule has 3 fully saturated rings. The van der Waals surface area contributed by atoms with Crippen LogP contribution in [0.4, 0.5) is 4.79 Å². The summed E-state index contributed by atoms with van der Waals surface area (Å²) in [4.78, 5) is 30.7. The molecule has 130 valence electrons. The van der Waals surface area contributed by atoms with Crippen LogP contribution >= 0.6 is 0 Å². The van der Waals surface area contributed by atoms with Crippen LogP contribution < -0.4 is 11.2 Å². The van der Waals surface area contributed by atoms with E-state index in [2.05, 4.69) is 9.76 Å². The summed E-state index contributed by atoms with van der Waals surface area (Å²) in [5.74, 6) is -0.742. The zero-order valence-corrected chi connectivity index (χ0v) is 13.0. The first-order chi connectivity index (χ1) is 10.8. The van der Waals surface area contributed by atoms with E-state index in [1.54, 1.807) is 0 Å². The van der Waals surface area contributed by atoms with Crippen molar-refractivity contribution in [1.82, 2.24) is 15.4 Å². The van der Waals surface area contributed by atoms with Crippen LogP contribution in [-0.4, -0.2) is 66.1 Å². The molecule has 11 nitrogen and oxygen atoms in total. The summed E-state index contributed by atoms with van der Waals surface area (Å²) in [7, 11) is -4.81. The van der Waals surface area contributed by atoms with Crippen LogP contribution in [0.5, 0.6) is 0 Å². The second-order valence-corrected chi connectivity index (χ2v) is 6.86. The Morgan fingerprint density at radius 2 is 2.26 bits per heavy atom. The zero-order chi connectivity index (χ0) is 16.8. The van der Waals surface area contributed by atoms with Gasteiger partial charge in [-0.3, -0.25) is 14.2 Å². The number of urea groups is 1. The quantitative estimate of drug-likeness (QED) is 0.282. The summed E-state index contributed by atoms with van der Waals surface area (Å²) in [5.41, 5.74) is 6.71. The molecule has 3 amide bonds. The van der Waals surface area contributed by atoms with E-state index in [1.165, 1.54) is 4.90 Å². The molecule has 3 atom stereocenters. The Kier molecular flexibility index (Phi) is 3.96. The number of hydroxylamine groups is 3. The normalized spacial score (nSPS) is 32.0. The number of rotatable bonds is 7. The molecule has 0 aromatic carbocycles. The van der Waals surface area contributed by atoms with Gasteiger partial charge in [0.05, 0.1) is 12.1 Å². The van der Waals surface area contributed by atoms with Gasteiger partial charge in [0.25, 0.3) is 5.91 Å². The molecular formula is C11H18N4O7S. The van der Waals surface area contributed by atoms with Gasteiger partial charge < -0.3 is 10.6 Å². The molecule has 2 aliphatic heterocycles. The molecule has 0 radical (unpaired) electrons. The lowest BCUT2D eigenvalue weighted by atomic mass is 9.65. The minimum absolute atomic E-state index is 0.174. The van der Waals surface area contributed by atoms with Crippen molar-refractivity contribution >= 4 is 22.3 Å². The molecule has 1 saturated carbocycles. The van der Waals surface area contributed by atoms with Crippen molar-refractivity contribution in [3.05, 3.63) is 0 Å². The first-order valence-electron chi connectivity index (χ1n) is 7.20. The lowest BCUT2D eigenvalue weighted by molar-refractivity contribution is -0.162. The van der Waals surface area contributed by atoms with E-state index in [9.17, 15) is 18.0 Å². The number of carbonyl (C=O) groups is 2. The van der Waals surface area contributed by atoms with Crippen molar-refractivity contribution in [1.29, 1.82) is 0 Å². The molecule has 0 aromatic rings. The lowest BCUT2D eigenvalue weighted by Crippen LogP contribution is -2.66. The van der Waals surface area contributed by atoms with Crippen molar-refractivity contribution < 1.29 is 31.7 Å². The van der Waals surface area contributed by atoms with Crippen molar-refractivity contribution in [2.45, 2.75) is 30.8 Å². The van der Waals surface area contributed by atoms with E-state index in [0.29, 0.717) is 30.9 Å². The zero-order valence-electron chi connectivity index (χ0n) is 12.2. The third-order valence-corrected chi connectivity index (χ3v) is 4.96. The maximum absolute atomic E-state index is 12.2. The Hall–Kier alpha value is -1.47. The minimum atomic E-state index is -4.81. The van der Waals surface area contributed by atoms with Gasteiger partial charge in [0.2, 0.25) is 0 Å². The molecule has 1 aliphatic carbocycles. The highest BCUT2D eigenvalue weighted by molar-refractivity contribution is 7.80. The Bertz CT molecular complexity index is 626. The van der Waals surface area contributed by atoms with Gasteiger partial charge in [0, 0.05) is 12.5 Å². The van der Waals surface area contributed by atoms with Crippen molar-refractivity contribution in [2.24, 2.45) is 11.7 Å². The topological polar surface area (TPSA) is 151 Å². The van der Waals surface area contributed by atoms with Crippen molar-refractivity contribution in [3.63, 3.8) is 0 Å². The fourth-order valence-corrected chi connectivity index (χ4v) is 3.98. The second-order valence-electron chi connectivity index (χ2n) is 5.86. The van der Waals surface area contributed by atoms with Crippen LogP contribution in [0, 0.1) is 5.92 Å². The van der Waals surface area contributed by atoms with Gasteiger partial charge in [-0.25, -0.2) is 10.3 Å². The molecule has 23 heavy (non-hydrogen) atoms. The Balaban J connectivity index is 1.70. The molecule has 2 saturated heterocycles. The van der Waals surface area contributed by atoms with Crippen LogP contribution in [0.25, 0.3) is 0 Å². The molecule has 3 aliphatic rings. The summed E-state index contributed by atoms with van der Waals surface area (Å²) >= 11 is 0. The SMILES string of the molecule is NCCCONC(=O)C1C2CCC23CN1C(=O)N3OS(=O)(=O)O. The number of hydrogen-bond acceptors (Lipinski definition) is 7. The van der Waals surface area contributed by atoms with Gasteiger partial charge in [-0.05, 0) is 25.8 Å². The number of nitrogens with two attached hydrogens (primary N) is 1. The summed E-state index contributed by atoms with van der Waals surface area (Å²) in [5, 5.41) is 0.676. The molecule has 0 aromatic heterocycles. The number of amides is 3. The fourth-order valence-electron chi connectivity index (χ4n) is 3.58. The van der Waals surface area contributed by atoms with Crippen LogP contribution in [0.15, 0.2) is 0 Å². The smallest absolute Gasteiger partial charge is 0.330 e. The molecule has 12 heteroatoms. The standard InChI is InChI=1S/C11H18N4O7S/c12-4-1-5-21-13-9(16)8-7-2-3-11(7)6-14(8)10(17)15(11)22-23(18,19)20/h7-8H,1-6,12H2,(H,13,16)(H,18,19,20). The van der Waals surface area contributed by atoms with E-state index in [0.717, 1.165) is 0 Å². The molecule has 2 bridgehead atoms. The van der Waals surface area contributed by atoms with Crippen molar-refractivity contribution in [3.8, 4) is 0 Å². The Morgan fingerprint density at radius 3 is 2.83 bits per heavy atom. The molecule has 4 N–H and O–H groups in total. The predicted molar refractivity (Wildman–Crippen MR) is 73.6 cm³/mol. The molecular weight excluding hydrogens is 332 g/mol. The second kappa shape index (κ2) is 5.56. The summed E-state index contributed by atoms with van der Waals surface area (Å²) < 4.78 is 35.0. The number of nitrogens with zero attached hydrogens (tertiary/aromatic N) is 2. The van der Waals surface area contributed by atoms with Gasteiger partial charge in [-0.15, -0.1) is 4.28 Å². The average Bonchev–Trinajstić information content (AvgIpc) is 2.85. The lowest BCUT2D eigenvalue weighted by Gasteiger charge is -2.50. The van der Waals surface area contributed by atoms with Gasteiger partial charge in [0.15, 0.2) is 0 Å². The summed E-state index contributed by atoms with van der Waals surface area (Å²) in [6, 6.07) is -1.50. The number of nitrogens with one attached hydrogen (secondary N) is 1. The van der Waals surface area contributed by atoms with Gasteiger partial charge >= 0.3 is 16.4 Å². The highest BCUT2D eigenvalue weighted by atomic mass is 32.3. The van der Waals surface area contributed by atoms with E-state index in [-0.39, 0.29) is 19.1 Å². The Labute approximate surface area is 132 Å². The van der Waals surface area contributed by atoms with Crippen molar-refractivity contribution in [2.75, 3.05) is 19.7 Å². The first kappa shape index (κ1) is 16.4. The van der Waals surface area contributed by atoms with E-state index >= 15 is 0 Å². The monoisotopic (exact) mass is 350 g/mol. The van der Waals surface area contributed by atoms with Crippen LogP contribution in [0.2, 0.25) is 0 Å². The summed E-state index contributed by atoms with van der Waals surface area (Å²) in [6.07, 6.45) is 1.71. The third-order valence-electron chi connectivity index (χ3n) is 4.62. The minimum Gasteiger partial charge on any atom is -0.330 e. The molecule has 3 rings (SSSR count). The van der Waals surface area contributed by atoms with Gasteiger partial charge in [-0.2, -0.15) is 13.5 Å². The summed E-state index contributed by atoms with van der Waals surface area (Å²) in [6.45, 7) is 0.862. The van der Waals surface area contributed by atoms with Crippen LogP contribution in [-0.2, 0) is 24.3 Å². The number of carbonyl (C=O) groups excluding carboxylic acids is 2. The number of fused-ring (bicyclic) bond motifs is 1.